The molecule has 1 aliphatic heterocycles. The van der Waals surface area contributed by atoms with Crippen molar-refractivity contribution in [1.29, 1.82) is 0 Å². The predicted molar refractivity (Wildman–Crippen MR) is 69.7 cm³/mol. The minimum atomic E-state index is 0.472. The van der Waals surface area contributed by atoms with E-state index >= 15 is 0 Å². The van der Waals surface area contributed by atoms with E-state index in [0.717, 1.165) is 13.2 Å². The molecule has 1 fully saturated rings. The summed E-state index contributed by atoms with van der Waals surface area (Å²) in [7, 11) is 0. The van der Waals surface area contributed by atoms with Gasteiger partial charge < -0.3 is 10.1 Å². The summed E-state index contributed by atoms with van der Waals surface area (Å²) in [5, 5.41) is 3.60. The Morgan fingerprint density at radius 3 is 2.69 bits per heavy atom. The van der Waals surface area contributed by atoms with Gasteiger partial charge in [-0.3, -0.25) is 0 Å². The molecule has 0 bridgehead atoms. The van der Waals surface area contributed by atoms with Gasteiger partial charge in [0.2, 0.25) is 0 Å². The molecule has 0 amide bonds. The molecule has 0 radical (unpaired) electrons. The average Bonchev–Trinajstić information content (AvgIpc) is 2.63. The quantitative estimate of drug-likeness (QED) is 0.703. The lowest BCUT2D eigenvalue weighted by molar-refractivity contribution is 0.0962. The van der Waals surface area contributed by atoms with E-state index in [2.05, 4.69) is 33.0 Å². The Kier molecular flexibility index (Phi) is 5.77. The number of ether oxygens (including phenoxy) is 1. The van der Waals surface area contributed by atoms with Gasteiger partial charge in [0.15, 0.2) is 0 Å². The summed E-state index contributed by atoms with van der Waals surface area (Å²) in [6.45, 7) is 11.3. The van der Waals surface area contributed by atoms with Crippen LogP contribution in [-0.2, 0) is 4.74 Å². The molecule has 1 N–H and O–H groups in total. The lowest BCUT2D eigenvalue weighted by atomic mass is 9.90. The SMILES string of the molecule is CC(CC1CCCO1)NCCCC(C)(C)C. The molecular weight excluding hydrogens is 198 g/mol. The minimum Gasteiger partial charge on any atom is -0.378 e. The van der Waals surface area contributed by atoms with Gasteiger partial charge in [0, 0.05) is 12.6 Å². The number of nitrogens with one attached hydrogen (secondary N) is 1. The van der Waals surface area contributed by atoms with E-state index in [9.17, 15) is 0 Å². The lowest BCUT2D eigenvalue weighted by Gasteiger charge is -2.20. The molecule has 1 saturated heterocycles. The highest BCUT2D eigenvalue weighted by atomic mass is 16.5. The molecular formula is C14H29NO. The molecule has 1 heterocycles. The van der Waals surface area contributed by atoms with Crippen molar-refractivity contribution in [3.05, 3.63) is 0 Å². The van der Waals surface area contributed by atoms with Crippen molar-refractivity contribution < 1.29 is 4.74 Å². The highest BCUT2D eigenvalue weighted by Gasteiger charge is 2.18. The second-order valence-corrected chi connectivity index (χ2v) is 6.39. The summed E-state index contributed by atoms with van der Waals surface area (Å²) < 4.78 is 5.64. The van der Waals surface area contributed by atoms with Crippen LogP contribution in [0, 0.1) is 5.41 Å². The number of hydrogen-bond donors (Lipinski definition) is 1. The Bertz CT molecular complexity index is 180. The van der Waals surface area contributed by atoms with Gasteiger partial charge in [-0.25, -0.2) is 0 Å². The molecule has 0 aromatic heterocycles. The van der Waals surface area contributed by atoms with Crippen molar-refractivity contribution in [3.8, 4) is 0 Å². The van der Waals surface area contributed by atoms with Crippen molar-refractivity contribution in [2.24, 2.45) is 5.41 Å². The maximum atomic E-state index is 5.64. The van der Waals surface area contributed by atoms with Crippen molar-refractivity contribution in [2.75, 3.05) is 13.2 Å². The van der Waals surface area contributed by atoms with E-state index in [-0.39, 0.29) is 0 Å². The van der Waals surface area contributed by atoms with Gasteiger partial charge in [0.25, 0.3) is 0 Å². The molecule has 1 rings (SSSR count). The molecule has 0 saturated carbocycles. The zero-order valence-electron chi connectivity index (χ0n) is 11.5. The summed E-state index contributed by atoms with van der Waals surface area (Å²) >= 11 is 0. The van der Waals surface area contributed by atoms with Gasteiger partial charge in [-0.1, -0.05) is 20.8 Å². The van der Waals surface area contributed by atoms with Crippen LogP contribution in [-0.4, -0.2) is 25.3 Å². The van der Waals surface area contributed by atoms with Crippen LogP contribution in [0.5, 0.6) is 0 Å². The topological polar surface area (TPSA) is 21.3 Å². The third-order valence-corrected chi connectivity index (χ3v) is 3.24. The summed E-state index contributed by atoms with van der Waals surface area (Å²) in [6, 6.07) is 0.600. The van der Waals surface area contributed by atoms with E-state index < -0.39 is 0 Å². The lowest BCUT2D eigenvalue weighted by Crippen LogP contribution is -2.31. The minimum absolute atomic E-state index is 0.472. The van der Waals surface area contributed by atoms with E-state index in [4.69, 9.17) is 4.74 Å². The van der Waals surface area contributed by atoms with Gasteiger partial charge in [-0.2, -0.15) is 0 Å². The van der Waals surface area contributed by atoms with E-state index in [1.165, 1.54) is 32.1 Å². The summed E-state index contributed by atoms with van der Waals surface area (Å²) in [6.07, 6.45) is 6.78. The highest BCUT2D eigenvalue weighted by Crippen LogP contribution is 2.20. The molecule has 1 aliphatic rings. The average molecular weight is 227 g/mol. The Hall–Kier alpha value is -0.0800. The van der Waals surface area contributed by atoms with E-state index in [1.807, 2.05) is 0 Å². The van der Waals surface area contributed by atoms with Gasteiger partial charge >= 0.3 is 0 Å². The Morgan fingerprint density at radius 1 is 1.38 bits per heavy atom. The maximum Gasteiger partial charge on any atom is 0.0590 e. The van der Waals surface area contributed by atoms with Crippen molar-refractivity contribution in [3.63, 3.8) is 0 Å². The van der Waals surface area contributed by atoms with Crippen LogP contribution in [0.2, 0.25) is 0 Å². The van der Waals surface area contributed by atoms with E-state index in [1.54, 1.807) is 0 Å². The molecule has 0 spiro atoms. The van der Waals surface area contributed by atoms with Gasteiger partial charge in [-0.15, -0.1) is 0 Å². The third-order valence-electron chi connectivity index (χ3n) is 3.24. The van der Waals surface area contributed by atoms with Crippen LogP contribution in [0.15, 0.2) is 0 Å². The maximum absolute atomic E-state index is 5.64. The molecule has 2 nitrogen and oxygen atoms in total. The second-order valence-electron chi connectivity index (χ2n) is 6.39. The second kappa shape index (κ2) is 6.61. The molecule has 2 atom stereocenters. The summed E-state index contributed by atoms with van der Waals surface area (Å²) in [5.41, 5.74) is 0.472. The Labute approximate surface area is 101 Å². The van der Waals surface area contributed by atoms with Crippen LogP contribution in [0.1, 0.15) is 59.8 Å². The van der Waals surface area contributed by atoms with Gasteiger partial charge in [0.05, 0.1) is 6.10 Å². The number of rotatable bonds is 6. The fourth-order valence-electron chi connectivity index (χ4n) is 2.28. The largest absolute Gasteiger partial charge is 0.378 e. The molecule has 96 valence electrons. The molecule has 16 heavy (non-hydrogen) atoms. The van der Waals surface area contributed by atoms with Gasteiger partial charge in [-0.05, 0) is 51.0 Å². The third kappa shape index (κ3) is 6.49. The van der Waals surface area contributed by atoms with Crippen LogP contribution in [0.4, 0.5) is 0 Å². The first-order chi connectivity index (χ1) is 7.47. The Morgan fingerprint density at radius 2 is 2.12 bits per heavy atom. The smallest absolute Gasteiger partial charge is 0.0590 e. The predicted octanol–water partition coefficient (Wildman–Crippen LogP) is 3.36. The zero-order chi connectivity index (χ0) is 12.0. The highest BCUT2D eigenvalue weighted by molar-refractivity contribution is 4.72. The van der Waals surface area contributed by atoms with Crippen molar-refractivity contribution in [2.45, 2.75) is 71.9 Å². The fourth-order valence-corrected chi connectivity index (χ4v) is 2.28. The van der Waals surface area contributed by atoms with Crippen molar-refractivity contribution >= 4 is 0 Å². The normalized spacial score (nSPS) is 23.6. The van der Waals surface area contributed by atoms with Crippen molar-refractivity contribution in [1.82, 2.24) is 5.32 Å². The van der Waals surface area contributed by atoms with Crippen LogP contribution < -0.4 is 5.32 Å². The van der Waals surface area contributed by atoms with E-state index in [0.29, 0.717) is 17.6 Å². The molecule has 0 aliphatic carbocycles. The number of hydrogen-bond acceptors (Lipinski definition) is 2. The fraction of sp³-hybridized carbons (Fsp3) is 1.00. The summed E-state index contributed by atoms with van der Waals surface area (Å²) in [5.74, 6) is 0. The van der Waals surface area contributed by atoms with Crippen LogP contribution in [0.25, 0.3) is 0 Å². The molecule has 0 aromatic carbocycles. The van der Waals surface area contributed by atoms with Gasteiger partial charge in [0.1, 0.15) is 0 Å². The first kappa shape index (κ1) is 14.0. The van der Waals surface area contributed by atoms with Crippen LogP contribution in [0.3, 0.4) is 0 Å². The van der Waals surface area contributed by atoms with Crippen LogP contribution >= 0.6 is 0 Å². The Balaban J connectivity index is 1.99. The monoisotopic (exact) mass is 227 g/mol. The molecule has 2 heteroatoms. The molecule has 0 aromatic rings. The summed E-state index contributed by atoms with van der Waals surface area (Å²) in [4.78, 5) is 0. The first-order valence-electron chi connectivity index (χ1n) is 6.82. The first-order valence-corrected chi connectivity index (χ1v) is 6.82. The molecule has 2 unspecified atom stereocenters. The zero-order valence-corrected chi connectivity index (χ0v) is 11.5. The standard InChI is InChI=1S/C14H29NO/c1-12(11-13-7-5-10-16-13)15-9-6-8-14(2,3)4/h12-13,15H,5-11H2,1-4H3.